The van der Waals surface area contributed by atoms with Gasteiger partial charge in [0, 0.05) is 26.1 Å². The first-order valence-electron chi connectivity index (χ1n) is 10.1. The fourth-order valence-electron chi connectivity index (χ4n) is 4.31. The minimum absolute atomic E-state index is 0.0490. The van der Waals surface area contributed by atoms with E-state index in [0.29, 0.717) is 25.9 Å². The number of benzene rings is 1. The molecule has 0 bridgehead atoms. The van der Waals surface area contributed by atoms with Crippen molar-refractivity contribution in [3.63, 3.8) is 0 Å². The summed E-state index contributed by atoms with van der Waals surface area (Å²) in [6, 6.07) is 7.49. The zero-order valence-electron chi connectivity index (χ0n) is 16.4. The van der Waals surface area contributed by atoms with Crippen molar-refractivity contribution in [2.24, 2.45) is 5.92 Å². The molecule has 148 valence electrons. The molecule has 2 amide bonds. The highest BCUT2D eigenvalue weighted by Gasteiger charge is 2.39. The zero-order valence-corrected chi connectivity index (χ0v) is 16.4. The van der Waals surface area contributed by atoms with Gasteiger partial charge in [-0.25, -0.2) is 0 Å². The third-order valence-corrected chi connectivity index (χ3v) is 5.75. The van der Waals surface area contributed by atoms with Crippen LogP contribution >= 0.6 is 0 Å². The first-order valence-corrected chi connectivity index (χ1v) is 10.1. The molecule has 0 aliphatic carbocycles. The number of nitrogens with zero attached hydrogens (tertiary/aromatic N) is 2. The van der Waals surface area contributed by atoms with Gasteiger partial charge in [0.05, 0.1) is 19.1 Å². The molecule has 0 saturated carbocycles. The summed E-state index contributed by atoms with van der Waals surface area (Å²) >= 11 is 0. The minimum Gasteiger partial charge on any atom is -0.497 e. The third kappa shape index (κ3) is 4.61. The second-order valence-electron chi connectivity index (χ2n) is 7.39. The van der Waals surface area contributed by atoms with Crippen molar-refractivity contribution in [2.45, 2.75) is 38.6 Å². The van der Waals surface area contributed by atoms with E-state index in [1.165, 1.54) is 12.8 Å². The Morgan fingerprint density at radius 3 is 2.78 bits per heavy atom. The van der Waals surface area contributed by atoms with Crippen LogP contribution in [0.2, 0.25) is 0 Å². The fourth-order valence-corrected chi connectivity index (χ4v) is 4.31. The van der Waals surface area contributed by atoms with Gasteiger partial charge in [-0.2, -0.15) is 0 Å². The van der Waals surface area contributed by atoms with Crippen LogP contribution in [0.25, 0.3) is 0 Å². The lowest BCUT2D eigenvalue weighted by Gasteiger charge is -2.40. The standard InChI is InChI=1S/C21H31N3O3/c1-3-24-19(25)10-9-18(20(24)16-7-6-8-17(15-16)27-2)21(26)22-11-14-23-12-4-5-13-23/h6-8,15,18,20H,3-5,9-14H2,1-2H3,(H,22,26)/t18-,20+/m1/s1. The van der Waals surface area contributed by atoms with Crippen molar-refractivity contribution < 1.29 is 14.3 Å². The predicted molar refractivity (Wildman–Crippen MR) is 105 cm³/mol. The molecule has 1 aromatic carbocycles. The average Bonchev–Trinajstić information content (AvgIpc) is 3.21. The molecular weight excluding hydrogens is 342 g/mol. The van der Waals surface area contributed by atoms with E-state index in [2.05, 4.69) is 10.2 Å². The number of amides is 2. The average molecular weight is 373 g/mol. The van der Waals surface area contributed by atoms with Gasteiger partial charge in [0.15, 0.2) is 0 Å². The summed E-state index contributed by atoms with van der Waals surface area (Å²) in [7, 11) is 1.63. The van der Waals surface area contributed by atoms with E-state index in [1.54, 1.807) is 7.11 Å². The first-order chi connectivity index (χ1) is 13.1. The Hall–Kier alpha value is -2.08. The molecule has 2 fully saturated rings. The van der Waals surface area contributed by atoms with Gasteiger partial charge in [-0.15, -0.1) is 0 Å². The van der Waals surface area contributed by atoms with Gasteiger partial charge in [0.1, 0.15) is 5.75 Å². The molecule has 6 nitrogen and oxygen atoms in total. The summed E-state index contributed by atoms with van der Waals surface area (Å²) in [5.74, 6) is 0.683. The number of rotatable bonds is 7. The number of likely N-dealkylation sites (tertiary alicyclic amines) is 2. The molecule has 1 aromatic rings. The summed E-state index contributed by atoms with van der Waals surface area (Å²) in [5.41, 5.74) is 0.962. The lowest BCUT2D eigenvalue weighted by Crippen LogP contribution is -2.48. The molecule has 3 rings (SSSR count). The first kappa shape index (κ1) is 19.7. The van der Waals surface area contributed by atoms with Crippen LogP contribution in [-0.2, 0) is 9.59 Å². The molecule has 2 aliphatic heterocycles. The van der Waals surface area contributed by atoms with E-state index in [1.807, 2.05) is 36.1 Å². The summed E-state index contributed by atoms with van der Waals surface area (Å²) in [5, 5.41) is 3.12. The molecule has 0 unspecified atom stereocenters. The minimum atomic E-state index is -0.238. The number of methoxy groups -OCH3 is 1. The fraction of sp³-hybridized carbons (Fsp3) is 0.619. The van der Waals surface area contributed by atoms with E-state index in [9.17, 15) is 9.59 Å². The third-order valence-electron chi connectivity index (χ3n) is 5.75. The lowest BCUT2D eigenvalue weighted by molar-refractivity contribution is -0.143. The number of piperidine rings is 1. The van der Waals surface area contributed by atoms with Crippen LogP contribution in [0.5, 0.6) is 5.75 Å². The second-order valence-corrected chi connectivity index (χ2v) is 7.39. The van der Waals surface area contributed by atoms with Gasteiger partial charge in [-0.1, -0.05) is 12.1 Å². The monoisotopic (exact) mass is 373 g/mol. The van der Waals surface area contributed by atoms with E-state index in [4.69, 9.17) is 4.74 Å². The molecule has 0 radical (unpaired) electrons. The van der Waals surface area contributed by atoms with Crippen molar-refractivity contribution in [3.8, 4) is 5.75 Å². The van der Waals surface area contributed by atoms with Gasteiger partial charge < -0.3 is 19.9 Å². The zero-order chi connectivity index (χ0) is 19.2. The summed E-state index contributed by atoms with van der Waals surface area (Å²) in [6.07, 6.45) is 3.52. The summed E-state index contributed by atoms with van der Waals surface area (Å²) < 4.78 is 5.35. The lowest BCUT2D eigenvalue weighted by atomic mass is 9.83. The number of hydrogen-bond donors (Lipinski definition) is 1. The molecule has 2 aliphatic rings. The molecule has 1 N–H and O–H groups in total. The van der Waals surface area contributed by atoms with Crippen molar-refractivity contribution in [2.75, 3.05) is 39.8 Å². The van der Waals surface area contributed by atoms with Gasteiger partial charge >= 0.3 is 0 Å². The highest BCUT2D eigenvalue weighted by molar-refractivity contribution is 5.85. The van der Waals surface area contributed by atoms with Crippen molar-refractivity contribution in [1.29, 1.82) is 0 Å². The number of carbonyl (C=O) groups excluding carboxylic acids is 2. The topological polar surface area (TPSA) is 61.9 Å². The Balaban J connectivity index is 1.73. The Labute approximate surface area is 161 Å². The molecule has 27 heavy (non-hydrogen) atoms. The molecule has 6 heteroatoms. The molecule has 2 saturated heterocycles. The summed E-state index contributed by atoms with van der Waals surface area (Å²) in [6.45, 7) is 6.39. The van der Waals surface area contributed by atoms with E-state index < -0.39 is 0 Å². The SMILES string of the molecule is CCN1C(=O)CC[C@@H](C(=O)NCCN2CCCC2)[C@@H]1c1cccc(OC)c1. The van der Waals surface area contributed by atoms with Gasteiger partial charge in [-0.3, -0.25) is 9.59 Å². The van der Waals surface area contributed by atoms with Crippen molar-refractivity contribution in [1.82, 2.24) is 15.1 Å². The number of carbonyl (C=O) groups is 2. The molecule has 2 atom stereocenters. The molecular formula is C21H31N3O3. The van der Waals surface area contributed by atoms with Crippen LogP contribution in [0.1, 0.15) is 44.2 Å². The Bertz CT molecular complexity index is 658. The van der Waals surface area contributed by atoms with E-state index in [0.717, 1.165) is 30.9 Å². The normalized spacial score (nSPS) is 23.5. The molecule has 2 heterocycles. The van der Waals surface area contributed by atoms with E-state index >= 15 is 0 Å². The van der Waals surface area contributed by atoms with Crippen LogP contribution in [0.4, 0.5) is 0 Å². The van der Waals surface area contributed by atoms with Crippen LogP contribution in [0.15, 0.2) is 24.3 Å². The van der Waals surface area contributed by atoms with Crippen molar-refractivity contribution >= 4 is 11.8 Å². The van der Waals surface area contributed by atoms with Crippen LogP contribution in [-0.4, -0.2) is 61.4 Å². The quantitative estimate of drug-likeness (QED) is 0.796. The second kappa shape index (κ2) is 9.22. The Morgan fingerprint density at radius 1 is 1.30 bits per heavy atom. The van der Waals surface area contributed by atoms with Gasteiger partial charge in [-0.05, 0) is 57.0 Å². The van der Waals surface area contributed by atoms with Crippen LogP contribution < -0.4 is 10.1 Å². The smallest absolute Gasteiger partial charge is 0.225 e. The van der Waals surface area contributed by atoms with E-state index in [-0.39, 0.29) is 23.8 Å². The van der Waals surface area contributed by atoms with Gasteiger partial charge in [0.25, 0.3) is 0 Å². The maximum atomic E-state index is 13.0. The van der Waals surface area contributed by atoms with Crippen molar-refractivity contribution in [3.05, 3.63) is 29.8 Å². The number of ether oxygens (including phenoxy) is 1. The van der Waals surface area contributed by atoms with Crippen LogP contribution in [0.3, 0.4) is 0 Å². The predicted octanol–water partition coefficient (Wildman–Crippen LogP) is 2.21. The highest BCUT2D eigenvalue weighted by atomic mass is 16.5. The maximum absolute atomic E-state index is 13.0. The highest BCUT2D eigenvalue weighted by Crippen LogP contribution is 2.37. The summed E-state index contributed by atoms with van der Waals surface area (Å²) in [4.78, 5) is 29.7. The van der Waals surface area contributed by atoms with Crippen LogP contribution in [0, 0.1) is 5.92 Å². The molecule has 0 aromatic heterocycles. The van der Waals surface area contributed by atoms with Gasteiger partial charge in [0.2, 0.25) is 11.8 Å². The largest absolute Gasteiger partial charge is 0.497 e. The molecule has 0 spiro atoms. The Kier molecular flexibility index (Phi) is 6.72. The Morgan fingerprint density at radius 2 is 2.07 bits per heavy atom. The number of nitrogens with one attached hydrogen (secondary N) is 1. The number of hydrogen-bond acceptors (Lipinski definition) is 4. The maximum Gasteiger partial charge on any atom is 0.225 e.